The van der Waals surface area contributed by atoms with Gasteiger partial charge in [0.1, 0.15) is 4.83 Å². The third-order valence-electron chi connectivity index (χ3n) is 5.75. The minimum atomic E-state index is -0.351. The second kappa shape index (κ2) is 11.2. The molecule has 0 radical (unpaired) electrons. The van der Waals surface area contributed by atoms with Gasteiger partial charge in [-0.05, 0) is 66.6 Å². The van der Waals surface area contributed by atoms with Crippen LogP contribution in [-0.4, -0.2) is 26.7 Å². The monoisotopic (exact) mass is 564 g/mol. The van der Waals surface area contributed by atoms with E-state index in [4.69, 9.17) is 23.2 Å². The predicted octanol–water partition coefficient (Wildman–Crippen LogP) is 6.73. The Kier molecular flexibility index (Phi) is 7.59. The van der Waals surface area contributed by atoms with Gasteiger partial charge in [-0.1, -0.05) is 35.3 Å². The summed E-state index contributed by atoms with van der Waals surface area (Å²) < 4.78 is 1.84. The van der Waals surface area contributed by atoms with E-state index in [2.05, 4.69) is 26.0 Å². The van der Waals surface area contributed by atoms with Gasteiger partial charge >= 0.3 is 6.03 Å². The molecule has 0 bridgehead atoms. The highest BCUT2D eigenvalue weighted by Gasteiger charge is 2.17. The van der Waals surface area contributed by atoms with E-state index in [9.17, 15) is 9.59 Å². The van der Waals surface area contributed by atoms with Crippen molar-refractivity contribution in [2.24, 2.45) is 0 Å². The normalized spacial score (nSPS) is 10.9. The minimum absolute atomic E-state index is 0.249. The first-order valence-corrected chi connectivity index (χ1v) is 13.2. The Balaban J connectivity index is 1.26. The summed E-state index contributed by atoms with van der Waals surface area (Å²) in [4.78, 5) is 30.8. The zero-order chi connectivity index (χ0) is 26.6. The number of nitrogens with zero attached hydrogens (tertiary/aromatic N) is 3. The molecule has 0 spiro atoms. The van der Waals surface area contributed by atoms with Crippen molar-refractivity contribution in [2.75, 3.05) is 10.6 Å². The standard InChI is InChI=1S/C27H22Cl2N6O2S/c1-16-22-13-24(38-26(22)35(34-16)15-18-5-6-19(28)11-23(18)29)25(36)32-20-3-2-4-21(12-20)33-27(37)31-14-17-7-9-30-10-8-17/h2-13H,14-15H2,1H3,(H,32,36)(H2,31,33,37). The van der Waals surface area contributed by atoms with E-state index in [0.29, 0.717) is 39.4 Å². The number of thiophene rings is 1. The van der Waals surface area contributed by atoms with Crippen LogP contribution < -0.4 is 16.0 Å². The van der Waals surface area contributed by atoms with Crippen molar-refractivity contribution in [1.29, 1.82) is 0 Å². The SMILES string of the molecule is Cc1nn(Cc2ccc(Cl)cc2Cl)c2sc(C(=O)Nc3cccc(NC(=O)NCc4ccncc4)c3)cc12. The number of hydrogen-bond acceptors (Lipinski definition) is 5. The van der Waals surface area contributed by atoms with E-state index < -0.39 is 0 Å². The lowest BCUT2D eigenvalue weighted by atomic mass is 10.2. The molecule has 0 atom stereocenters. The lowest BCUT2D eigenvalue weighted by Gasteiger charge is -2.10. The van der Waals surface area contributed by atoms with Crippen LogP contribution in [0.5, 0.6) is 0 Å². The Morgan fingerprint density at radius 1 is 0.974 bits per heavy atom. The molecule has 0 fully saturated rings. The molecule has 3 heterocycles. The molecular formula is C27H22Cl2N6O2S. The molecule has 5 rings (SSSR count). The van der Waals surface area contributed by atoms with Crippen LogP contribution in [0.25, 0.3) is 10.2 Å². The first-order valence-electron chi connectivity index (χ1n) is 11.6. The van der Waals surface area contributed by atoms with Gasteiger partial charge in [0.25, 0.3) is 5.91 Å². The second-order valence-corrected chi connectivity index (χ2v) is 10.4. The molecule has 3 N–H and O–H groups in total. The zero-order valence-corrected chi connectivity index (χ0v) is 22.5. The van der Waals surface area contributed by atoms with Crippen LogP contribution in [0.15, 0.2) is 73.1 Å². The van der Waals surface area contributed by atoms with Gasteiger partial charge in [0, 0.05) is 45.7 Å². The third-order valence-corrected chi connectivity index (χ3v) is 7.48. The summed E-state index contributed by atoms with van der Waals surface area (Å²) in [6.07, 6.45) is 3.34. The molecule has 38 heavy (non-hydrogen) atoms. The fraction of sp³-hybridized carbons (Fsp3) is 0.111. The number of amides is 3. The Bertz CT molecular complexity index is 1630. The van der Waals surface area contributed by atoms with Gasteiger partial charge < -0.3 is 16.0 Å². The van der Waals surface area contributed by atoms with Crippen molar-refractivity contribution in [3.05, 3.63) is 105 Å². The van der Waals surface area contributed by atoms with Crippen molar-refractivity contribution in [2.45, 2.75) is 20.0 Å². The zero-order valence-electron chi connectivity index (χ0n) is 20.2. The topological polar surface area (TPSA) is 101 Å². The summed E-state index contributed by atoms with van der Waals surface area (Å²) in [5.74, 6) is -0.249. The highest BCUT2D eigenvalue weighted by molar-refractivity contribution is 7.20. The van der Waals surface area contributed by atoms with E-state index in [-0.39, 0.29) is 11.9 Å². The molecule has 5 aromatic rings. The van der Waals surface area contributed by atoms with Gasteiger partial charge in [0.2, 0.25) is 0 Å². The number of anilines is 2. The number of hydrogen-bond donors (Lipinski definition) is 3. The summed E-state index contributed by atoms with van der Waals surface area (Å²) in [7, 11) is 0. The third kappa shape index (κ3) is 5.96. The first kappa shape index (κ1) is 25.7. The van der Waals surface area contributed by atoms with Crippen LogP contribution in [0.4, 0.5) is 16.2 Å². The number of rotatable bonds is 7. The summed E-state index contributed by atoms with van der Waals surface area (Å²) in [5.41, 5.74) is 3.76. The number of carbonyl (C=O) groups is 2. The Morgan fingerprint density at radius 3 is 2.50 bits per heavy atom. The van der Waals surface area contributed by atoms with Crippen molar-refractivity contribution in [1.82, 2.24) is 20.1 Å². The van der Waals surface area contributed by atoms with Crippen LogP contribution in [-0.2, 0) is 13.1 Å². The number of aryl methyl sites for hydroxylation is 1. The van der Waals surface area contributed by atoms with Gasteiger partial charge in [-0.2, -0.15) is 5.10 Å². The number of benzene rings is 2. The minimum Gasteiger partial charge on any atom is -0.334 e. The smallest absolute Gasteiger partial charge is 0.319 e. The number of halogens is 2. The van der Waals surface area contributed by atoms with Crippen molar-refractivity contribution in [3.8, 4) is 0 Å². The predicted molar refractivity (Wildman–Crippen MR) is 152 cm³/mol. The number of carbonyl (C=O) groups excluding carboxylic acids is 2. The lowest BCUT2D eigenvalue weighted by Crippen LogP contribution is -2.28. The second-order valence-electron chi connectivity index (χ2n) is 8.51. The van der Waals surface area contributed by atoms with Crippen LogP contribution >= 0.6 is 34.5 Å². The summed E-state index contributed by atoms with van der Waals surface area (Å²) in [6, 6.07) is 17.5. The summed E-state index contributed by atoms with van der Waals surface area (Å²) in [5, 5.41) is 15.2. The Hall–Kier alpha value is -3.92. The molecular weight excluding hydrogens is 543 g/mol. The molecule has 0 aliphatic rings. The fourth-order valence-electron chi connectivity index (χ4n) is 3.87. The molecule has 192 valence electrons. The average Bonchev–Trinajstić information content (AvgIpc) is 3.46. The van der Waals surface area contributed by atoms with E-state index in [1.165, 1.54) is 11.3 Å². The Morgan fingerprint density at radius 2 is 1.74 bits per heavy atom. The molecule has 0 saturated carbocycles. The summed E-state index contributed by atoms with van der Waals surface area (Å²) >= 11 is 13.7. The van der Waals surface area contributed by atoms with Crippen LogP contribution in [0.2, 0.25) is 10.0 Å². The largest absolute Gasteiger partial charge is 0.334 e. The maximum atomic E-state index is 13.1. The van der Waals surface area contributed by atoms with E-state index in [0.717, 1.165) is 27.0 Å². The summed E-state index contributed by atoms with van der Waals surface area (Å²) in [6.45, 7) is 2.74. The van der Waals surface area contributed by atoms with Gasteiger partial charge in [-0.3, -0.25) is 14.5 Å². The number of nitrogens with one attached hydrogen (secondary N) is 3. The average molecular weight is 565 g/mol. The molecule has 0 unspecified atom stereocenters. The van der Waals surface area contributed by atoms with Crippen LogP contribution in [0.1, 0.15) is 26.5 Å². The highest BCUT2D eigenvalue weighted by atomic mass is 35.5. The highest BCUT2D eigenvalue weighted by Crippen LogP contribution is 2.31. The van der Waals surface area contributed by atoms with Crippen molar-refractivity contribution >= 4 is 68.1 Å². The molecule has 0 aliphatic heterocycles. The number of fused-ring (bicyclic) bond motifs is 1. The van der Waals surface area contributed by atoms with Crippen LogP contribution in [0, 0.1) is 6.92 Å². The number of urea groups is 1. The lowest BCUT2D eigenvalue weighted by molar-refractivity contribution is 0.103. The molecule has 2 aromatic carbocycles. The van der Waals surface area contributed by atoms with Crippen molar-refractivity contribution < 1.29 is 9.59 Å². The quantitative estimate of drug-likeness (QED) is 0.204. The number of pyridine rings is 1. The Labute approximate surface area is 232 Å². The number of aromatic nitrogens is 3. The first-order chi connectivity index (χ1) is 18.4. The fourth-order valence-corrected chi connectivity index (χ4v) is 5.39. The molecule has 0 saturated heterocycles. The molecule has 8 nitrogen and oxygen atoms in total. The van der Waals surface area contributed by atoms with Crippen molar-refractivity contribution in [3.63, 3.8) is 0 Å². The van der Waals surface area contributed by atoms with Gasteiger partial charge in [0.05, 0.1) is 17.1 Å². The molecule has 11 heteroatoms. The van der Waals surface area contributed by atoms with E-state index >= 15 is 0 Å². The molecule has 0 aliphatic carbocycles. The van der Waals surface area contributed by atoms with Crippen LogP contribution in [0.3, 0.4) is 0 Å². The maximum absolute atomic E-state index is 13.1. The van der Waals surface area contributed by atoms with E-state index in [1.54, 1.807) is 48.8 Å². The molecule has 3 amide bonds. The maximum Gasteiger partial charge on any atom is 0.319 e. The van der Waals surface area contributed by atoms with E-state index in [1.807, 2.05) is 35.9 Å². The molecule has 3 aromatic heterocycles. The van der Waals surface area contributed by atoms with Gasteiger partial charge in [-0.15, -0.1) is 11.3 Å². The van der Waals surface area contributed by atoms with Gasteiger partial charge in [-0.25, -0.2) is 4.79 Å². The van der Waals surface area contributed by atoms with Gasteiger partial charge in [0.15, 0.2) is 0 Å².